The zero-order valence-electron chi connectivity index (χ0n) is 18.4. The summed E-state index contributed by atoms with van der Waals surface area (Å²) in [7, 11) is -3.56. The number of anilines is 1. The van der Waals surface area contributed by atoms with E-state index in [-0.39, 0.29) is 5.91 Å². The second-order valence-electron chi connectivity index (χ2n) is 8.90. The van der Waals surface area contributed by atoms with Crippen LogP contribution in [0.1, 0.15) is 47.2 Å². The van der Waals surface area contributed by atoms with Gasteiger partial charge in [-0.15, -0.1) is 0 Å². The van der Waals surface area contributed by atoms with Gasteiger partial charge in [0.1, 0.15) is 5.82 Å². The molecule has 2 aliphatic heterocycles. The highest BCUT2D eigenvalue weighted by Gasteiger charge is 2.32. The van der Waals surface area contributed by atoms with Crippen molar-refractivity contribution in [1.82, 2.24) is 14.2 Å². The van der Waals surface area contributed by atoms with Gasteiger partial charge >= 0.3 is 0 Å². The van der Waals surface area contributed by atoms with Crippen LogP contribution >= 0.6 is 0 Å². The number of hydrogen-bond acceptors (Lipinski definition) is 5. The van der Waals surface area contributed by atoms with Crippen LogP contribution in [0.5, 0.6) is 0 Å². The van der Waals surface area contributed by atoms with E-state index in [0.29, 0.717) is 36.6 Å². The van der Waals surface area contributed by atoms with Crippen LogP contribution in [0, 0.1) is 0 Å². The van der Waals surface area contributed by atoms with Gasteiger partial charge in [0.25, 0.3) is 5.91 Å². The molecule has 8 heteroatoms. The van der Waals surface area contributed by atoms with Gasteiger partial charge in [0, 0.05) is 45.5 Å². The molecule has 0 radical (unpaired) electrons. The molecule has 2 saturated heterocycles. The molecule has 0 atom stereocenters. The molecule has 0 N–H and O–H groups in total. The molecule has 2 aromatic rings. The van der Waals surface area contributed by atoms with Gasteiger partial charge in [-0.05, 0) is 73.9 Å². The number of carbonyl (C=O) groups excluding carboxylic acids is 1. The summed E-state index contributed by atoms with van der Waals surface area (Å²) in [6.07, 6.45) is 8.23. The molecule has 32 heavy (non-hydrogen) atoms. The van der Waals surface area contributed by atoms with E-state index in [9.17, 15) is 13.2 Å². The zero-order valence-corrected chi connectivity index (χ0v) is 19.2. The molecule has 5 rings (SSSR count). The SMILES string of the molecule is O=C(c1cccnc1N1CCCC1)N1CCN(S(=O)(=O)c2ccc3c(c2)CCCC3)CC1. The highest BCUT2D eigenvalue weighted by Crippen LogP contribution is 2.27. The molecule has 0 unspecified atom stereocenters. The van der Waals surface area contributed by atoms with E-state index in [0.717, 1.165) is 56.6 Å². The van der Waals surface area contributed by atoms with E-state index in [4.69, 9.17) is 0 Å². The smallest absolute Gasteiger partial charge is 0.257 e. The molecule has 1 aromatic heterocycles. The maximum atomic E-state index is 13.3. The summed E-state index contributed by atoms with van der Waals surface area (Å²) in [4.78, 5) is 22.0. The number of piperazine rings is 1. The van der Waals surface area contributed by atoms with Crippen molar-refractivity contribution < 1.29 is 13.2 Å². The third kappa shape index (κ3) is 4.01. The van der Waals surface area contributed by atoms with Crippen LogP contribution in [0.3, 0.4) is 0 Å². The second kappa shape index (κ2) is 8.83. The van der Waals surface area contributed by atoms with Crippen molar-refractivity contribution in [3.63, 3.8) is 0 Å². The number of sulfonamides is 1. The van der Waals surface area contributed by atoms with Gasteiger partial charge < -0.3 is 9.80 Å². The lowest BCUT2D eigenvalue weighted by atomic mass is 9.92. The fourth-order valence-electron chi connectivity index (χ4n) is 5.07. The number of amides is 1. The monoisotopic (exact) mass is 454 g/mol. The number of carbonyl (C=O) groups is 1. The lowest BCUT2D eigenvalue weighted by molar-refractivity contribution is 0.0698. The van der Waals surface area contributed by atoms with E-state index in [1.165, 1.54) is 16.3 Å². The summed E-state index contributed by atoms with van der Waals surface area (Å²) < 4.78 is 28.0. The summed E-state index contributed by atoms with van der Waals surface area (Å²) in [6.45, 7) is 3.23. The van der Waals surface area contributed by atoms with Crippen molar-refractivity contribution in [1.29, 1.82) is 0 Å². The first-order valence-electron chi connectivity index (χ1n) is 11.7. The van der Waals surface area contributed by atoms with Crippen LogP contribution in [0.15, 0.2) is 41.4 Å². The largest absolute Gasteiger partial charge is 0.356 e. The third-order valence-corrected chi connectivity index (χ3v) is 8.80. The van der Waals surface area contributed by atoms with E-state index in [2.05, 4.69) is 9.88 Å². The number of hydrogen-bond donors (Lipinski definition) is 0. The predicted octanol–water partition coefficient (Wildman–Crippen LogP) is 2.71. The van der Waals surface area contributed by atoms with Crippen LogP contribution < -0.4 is 4.90 Å². The van der Waals surface area contributed by atoms with Crippen LogP contribution in [0.2, 0.25) is 0 Å². The summed E-state index contributed by atoms with van der Waals surface area (Å²) in [5.41, 5.74) is 3.05. The molecule has 1 aromatic carbocycles. The number of aromatic nitrogens is 1. The van der Waals surface area contributed by atoms with Gasteiger partial charge in [0.05, 0.1) is 10.5 Å². The lowest BCUT2D eigenvalue weighted by Gasteiger charge is -2.34. The first-order valence-corrected chi connectivity index (χ1v) is 13.1. The van der Waals surface area contributed by atoms with E-state index in [1.807, 2.05) is 18.2 Å². The molecule has 0 spiro atoms. The molecular formula is C24H30N4O3S. The number of benzene rings is 1. The molecule has 3 heterocycles. The van der Waals surface area contributed by atoms with Gasteiger partial charge in [-0.25, -0.2) is 13.4 Å². The Morgan fingerprint density at radius 3 is 2.31 bits per heavy atom. The number of pyridine rings is 1. The van der Waals surface area contributed by atoms with Gasteiger partial charge in [-0.3, -0.25) is 4.79 Å². The fraction of sp³-hybridized carbons (Fsp3) is 0.500. The Hall–Kier alpha value is -2.45. The Kier molecular flexibility index (Phi) is 5.90. The van der Waals surface area contributed by atoms with E-state index < -0.39 is 10.0 Å². The normalized spacial score (nSPS) is 19.8. The average molecular weight is 455 g/mol. The molecule has 170 valence electrons. The van der Waals surface area contributed by atoms with Crippen molar-refractivity contribution in [2.75, 3.05) is 44.2 Å². The molecule has 1 aliphatic carbocycles. The highest BCUT2D eigenvalue weighted by molar-refractivity contribution is 7.89. The van der Waals surface area contributed by atoms with E-state index in [1.54, 1.807) is 23.2 Å². The molecule has 0 bridgehead atoms. The number of nitrogens with zero attached hydrogens (tertiary/aromatic N) is 4. The molecule has 2 fully saturated rings. The average Bonchev–Trinajstić information content (AvgIpc) is 3.38. The fourth-order valence-corrected chi connectivity index (χ4v) is 6.54. The maximum Gasteiger partial charge on any atom is 0.257 e. The van der Waals surface area contributed by atoms with Crippen molar-refractivity contribution in [2.45, 2.75) is 43.4 Å². The predicted molar refractivity (Wildman–Crippen MR) is 123 cm³/mol. The number of rotatable bonds is 4. The Morgan fingerprint density at radius 1 is 0.844 bits per heavy atom. The Morgan fingerprint density at radius 2 is 1.56 bits per heavy atom. The molecule has 1 amide bonds. The van der Waals surface area contributed by atoms with E-state index >= 15 is 0 Å². The summed E-state index contributed by atoms with van der Waals surface area (Å²) in [5, 5.41) is 0. The topological polar surface area (TPSA) is 73.8 Å². The van der Waals surface area contributed by atoms with Gasteiger partial charge in [0.2, 0.25) is 10.0 Å². The van der Waals surface area contributed by atoms with Gasteiger partial charge in [-0.1, -0.05) is 6.07 Å². The Balaban J connectivity index is 1.29. The molecule has 3 aliphatic rings. The summed E-state index contributed by atoms with van der Waals surface area (Å²) in [6, 6.07) is 9.21. The summed E-state index contributed by atoms with van der Waals surface area (Å²) >= 11 is 0. The van der Waals surface area contributed by atoms with Crippen LogP contribution in [-0.4, -0.2) is 67.8 Å². The minimum absolute atomic E-state index is 0.0640. The van der Waals surface area contributed by atoms with Crippen LogP contribution in [-0.2, 0) is 22.9 Å². The highest BCUT2D eigenvalue weighted by atomic mass is 32.2. The minimum atomic E-state index is -3.56. The number of fused-ring (bicyclic) bond motifs is 1. The van der Waals surface area contributed by atoms with Gasteiger partial charge in [0.15, 0.2) is 0 Å². The maximum absolute atomic E-state index is 13.3. The van der Waals surface area contributed by atoms with Gasteiger partial charge in [-0.2, -0.15) is 4.31 Å². The van der Waals surface area contributed by atoms with Crippen molar-refractivity contribution in [3.05, 3.63) is 53.2 Å². The van der Waals surface area contributed by atoms with Crippen molar-refractivity contribution >= 4 is 21.7 Å². The number of aryl methyl sites for hydroxylation is 2. The molecular weight excluding hydrogens is 424 g/mol. The zero-order chi connectivity index (χ0) is 22.1. The second-order valence-corrected chi connectivity index (χ2v) is 10.8. The van der Waals surface area contributed by atoms with Crippen molar-refractivity contribution in [2.24, 2.45) is 0 Å². The minimum Gasteiger partial charge on any atom is -0.356 e. The summed E-state index contributed by atoms with van der Waals surface area (Å²) in [5.74, 6) is 0.685. The quantitative estimate of drug-likeness (QED) is 0.710. The standard InChI is InChI=1S/C24H30N4O3S/c29-24(22-8-5-11-25-23(22)26-12-3-4-13-26)27-14-16-28(17-15-27)32(30,31)21-10-9-19-6-1-2-7-20(19)18-21/h5,8-11,18H,1-4,6-7,12-17H2. The van der Waals surface area contributed by atoms with Crippen LogP contribution in [0.25, 0.3) is 0 Å². The molecule has 7 nitrogen and oxygen atoms in total. The van der Waals surface area contributed by atoms with Crippen LogP contribution in [0.4, 0.5) is 5.82 Å². The Labute approximate surface area is 190 Å². The first kappa shape index (κ1) is 21.4. The Bertz CT molecular complexity index is 1100. The van der Waals surface area contributed by atoms with Crippen molar-refractivity contribution in [3.8, 4) is 0 Å². The third-order valence-electron chi connectivity index (χ3n) is 6.91. The first-order chi connectivity index (χ1) is 15.5. The molecule has 0 saturated carbocycles. The lowest BCUT2D eigenvalue weighted by Crippen LogP contribution is -2.50.